The van der Waals surface area contributed by atoms with E-state index in [-0.39, 0.29) is 36.2 Å². The van der Waals surface area contributed by atoms with E-state index in [4.69, 9.17) is 5.73 Å². The molecule has 0 radical (unpaired) electrons. The molecule has 0 aromatic heterocycles. The average molecular weight is 401 g/mol. The highest BCUT2D eigenvalue weighted by molar-refractivity contribution is 5.91. The fourth-order valence-corrected chi connectivity index (χ4v) is 4.98. The Kier molecular flexibility index (Phi) is 6.27. The van der Waals surface area contributed by atoms with E-state index in [1.807, 2.05) is 14.0 Å². The highest BCUT2D eigenvalue weighted by Crippen LogP contribution is 2.39. The quantitative estimate of drug-likeness (QED) is 0.706. The third kappa shape index (κ3) is 4.15. The molecule has 1 spiro atoms. The first-order valence-corrected chi connectivity index (χ1v) is 10.4. The molecular weight excluding hydrogens is 368 g/mol. The summed E-state index contributed by atoms with van der Waals surface area (Å²) in [5.41, 5.74) is 6.91. The summed E-state index contributed by atoms with van der Waals surface area (Å²) in [4.78, 5) is 41.0. The van der Waals surface area contributed by atoms with Crippen molar-refractivity contribution < 1.29 is 14.4 Å². The summed E-state index contributed by atoms with van der Waals surface area (Å²) in [7, 11) is 2.02. The number of hydrogen-bond donors (Lipinski definition) is 2. The maximum atomic E-state index is 13.2. The van der Waals surface area contributed by atoms with Crippen LogP contribution in [0.15, 0.2) is 36.1 Å². The van der Waals surface area contributed by atoms with Crippen molar-refractivity contribution in [2.24, 2.45) is 11.7 Å². The molecule has 3 amide bonds. The van der Waals surface area contributed by atoms with Gasteiger partial charge in [-0.05, 0) is 56.9 Å². The second-order valence-electron chi connectivity index (χ2n) is 8.56. The predicted octanol–water partition coefficient (Wildman–Crippen LogP) is 1.47. The molecule has 3 aliphatic rings. The van der Waals surface area contributed by atoms with Gasteiger partial charge in [-0.1, -0.05) is 25.5 Å². The van der Waals surface area contributed by atoms with Crippen molar-refractivity contribution >= 4 is 17.7 Å². The van der Waals surface area contributed by atoms with Gasteiger partial charge >= 0.3 is 0 Å². The average Bonchev–Trinajstić information content (AvgIpc) is 3.32. The van der Waals surface area contributed by atoms with Gasteiger partial charge < -0.3 is 16.0 Å². The summed E-state index contributed by atoms with van der Waals surface area (Å²) in [6.45, 7) is 6.60. The van der Waals surface area contributed by atoms with E-state index >= 15 is 0 Å². The predicted molar refractivity (Wildman–Crippen MR) is 111 cm³/mol. The van der Waals surface area contributed by atoms with Gasteiger partial charge in [-0.25, -0.2) is 0 Å². The van der Waals surface area contributed by atoms with Crippen LogP contribution in [0.3, 0.4) is 0 Å². The minimum Gasteiger partial charge on any atom is -0.369 e. The molecule has 1 heterocycles. The van der Waals surface area contributed by atoms with Crippen LogP contribution in [0.1, 0.15) is 45.4 Å². The van der Waals surface area contributed by atoms with E-state index in [1.54, 1.807) is 23.3 Å². The zero-order valence-electron chi connectivity index (χ0n) is 17.4. The number of hydrogen-bond acceptors (Lipinski definition) is 4. The van der Waals surface area contributed by atoms with Gasteiger partial charge in [0, 0.05) is 24.7 Å². The maximum absolute atomic E-state index is 13.2. The van der Waals surface area contributed by atoms with Gasteiger partial charge in [-0.15, -0.1) is 0 Å². The minimum absolute atomic E-state index is 0.00492. The van der Waals surface area contributed by atoms with Crippen LogP contribution in [0.4, 0.5) is 0 Å². The smallest absolute Gasteiger partial charge is 0.243 e. The number of amides is 3. The molecule has 0 unspecified atom stereocenters. The van der Waals surface area contributed by atoms with E-state index in [2.05, 4.69) is 16.8 Å². The summed E-state index contributed by atoms with van der Waals surface area (Å²) in [6.07, 6.45) is 10.1. The van der Waals surface area contributed by atoms with Gasteiger partial charge in [0.1, 0.15) is 12.1 Å². The van der Waals surface area contributed by atoms with E-state index < -0.39 is 5.54 Å². The number of rotatable bonds is 6. The van der Waals surface area contributed by atoms with Crippen molar-refractivity contribution in [1.29, 1.82) is 0 Å². The molecular formula is C22H32N4O3. The third-order valence-electron chi connectivity index (χ3n) is 6.73. The standard InChI is InChI=1S/C22H32N4O3/c1-4-16-11-18(20(23)28)12-17(16)7-10-24-19(27)14-26-15(2)13-25(3)22(21(26)29)8-5-6-9-22/h4,7,10,15,18H,1,5-6,8-9,11-14H2,2-3H3,(H2,23,28)(H,24,27)/b10-7+/t15-,18+/m0/s1. The summed E-state index contributed by atoms with van der Waals surface area (Å²) < 4.78 is 0. The first kappa shape index (κ1) is 21.3. The van der Waals surface area contributed by atoms with E-state index in [0.29, 0.717) is 12.8 Å². The molecule has 2 aliphatic carbocycles. The lowest BCUT2D eigenvalue weighted by Crippen LogP contribution is -2.67. The summed E-state index contributed by atoms with van der Waals surface area (Å²) >= 11 is 0. The van der Waals surface area contributed by atoms with Crippen molar-refractivity contribution in [3.63, 3.8) is 0 Å². The molecule has 1 saturated carbocycles. The lowest BCUT2D eigenvalue weighted by atomic mass is 9.89. The molecule has 1 saturated heterocycles. The Morgan fingerprint density at radius 3 is 2.55 bits per heavy atom. The van der Waals surface area contributed by atoms with Crippen LogP contribution >= 0.6 is 0 Å². The molecule has 2 fully saturated rings. The molecule has 1 aliphatic heterocycles. The first-order valence-electron chi connectivity index (χ1n) is 10.4. The van der Waals surface area contributed by atoms with Gasteiger partial charge in [0.25, 0.3) is 0 Å². The van der Waals surface area contributed by atoms with Gasteiger partial charge in [0.2, 0.25) is 17.7 Å². The van der Waals surface area contributed by atoms with E-state index in [9.17, 15) is 14.4 Å². The number of likely N-dealkylation sites (N-methyl/N-ethyl adjacent to an activating group) is 1. The lowest BCUT2D eigenvalue weighted by molar-refractivity contribution is -0.156. The highest BCUT2D eigenvalue weighted by atomic mass is 16.2. The summed E-state index contributed by atoms with van der Waals surface area (Å²) in [5, 5.41) is 2.77. The van der Waals surface area contributed by atoms with Crippen molar-refractivity contribution in [2.75, 3.05) is 20.1 Å². The fraction of sp³-hybridized carbons (Fsp3) is 0.591. The topological polar surface area (TPSA) is 95.7 Å². The molecule has 2 atom stereocenters. The summed E-state index contributed by atoms with van der Waals surface area (Å²) in [5.74, 6) is -0.679. The van der Waals surface area contributed by atoms with E-state index in [0.717, 1.165) is 43.4 Å². The molecule has 7 heteroatoms. The number of nitrogens with two attached hydrogens (primary N) is 1. The number of nitrogens with zero attached hydrogens (tertiary/aromatic N) is 2. The second kappa shape index (κ2) is 8.53. The zero-order chi connectivity index (χ0) is 21.2. The molecule has 0 aromatic carbocycles. The van der Waals surface area contributed by atoms with Crippen LogP contribution in [0, 0.1) is 5.92 Å². The Bertz CT molecular complexity index is 764. The van der Waals surface area contributed by atoms with Crippen LogP contribution in [0.25, 0.3) is 0 Å². The van der Waals surface area contributed by atoms with Crippen LogP contribution in [-0.4, -0.2) is 59.2 Å². The molecule has 7 nitrogen and oxygen atoms in total. The summed E-state index contributed by atoms with van der Waals surface area (Å²) in [6, 6.07) is -0.00492. The molecule has 29 heavy (non-hydrogen) atoms. The Morgan fingerprint density at radius 1 is 1.28 bits per heavy atom. The Morgan fingerprint density at radius 2 is 1.93 bits per heavy atom. The van der Waals surface area contributed by atoms with Crippen molar-refractivity contribution in [3.05, 3.63) is 36.1 Å². The first-order chi connectivity index (χ1) is 13.8. The Balaban J connectivity index is 1.60. The number of allylic oxidation sites excluding steroid dienone is 4. The SMILES string of the molecule is C=CC1=C(/C=C/NC(=O)CN2C(=O)C3(CCCC3)N(C)C[C@@H]2C)C[C@H](C(N)=O)C1. The Labute approximate surface area is 172 Å². The van der Waals surface area contributed by atoms with Crippen LogP contribution in [0.2, 0.25) is 0 Å². The number of nitrogens with one attached hydrogen (secondary N) is 1. The number of carbonyl (C=O) groups excluding carboxylic acids is 3. The minimum atomic E-state index is -0.431. The zero-order valence-corrected chi connectivity index (χ0v) is 17.4. The van der Waals surface area contributed by atoms with Gasteiger partial charge in [0.15, 0.2) is 0 Å². The van der Waals surface area contributed by atoms with Crippen LogP contribution < -0.4 is 11.1 Å². The number of piperazine rings is 1. The maximum Gasteiger partial charge on any atom is 0.243 e. The fourth-order valence-electron chi connectivity index (χ4n) is 4.98. The Hall–Kier alpha value is -2.41. The molecule has 3 N–H and O–H groups in total. The van der Waals surface area contributed by atoms with Gasteiger partial charge in [0.05, 0.1) is 0 Å². The second-order valence-corrected chi connectivity index (χ2v) is 8.56. The molecule has 3 rings (SSSR count). The number of carbonyl (C=O) groups is 3. The van der Waals surface area contributed by atoms with Crippen LogP contribution in [0.5, 0.6) is 0 Å². The normalized spacial score (nSPS) is 27.2. The molecule has 0 aromatic rings. The number of primary amides is 1. The molecule has 158 valence electrons. The van der Waals surface area contributed by atoms with Crippen molar-refractivity contribution in [1.82, 2.24) is 15.1 Å². The van der Waals surface area contributed by atoms with E-state index in [1.165, 1.54) is 0 Å². The van der Waals surface area contributed by atoms with Crippen molar-refractivity contribution in [2.45, 2.75) is 57.0 Å². The van der Waals surface area contributed by atoms with Crippen LogP contribution in [-0.2, 0) is 14.4 Å². The third-order valence-corrected chi connectivity index (χ3v) is 6.73. The lowest BCUT2D eigenvalue weighted by Gasteiger charge is -2.49. The molecule has 0 bridgehead atoms. The monoisotopic (exact) mass is 400 g/mol. The van der Waals surface area contributed by atoms with Crippen molar-refractivity contribution in [3.8, 4) is 0 Å². The van der Waals surface area contributed by atoms with Gasteiger partial charge in [-0.3, -0.25) is 19.3 Å². The largest absolute Gasteiger partial charge is 0.369 e. The van der Waals surface area contributed by atoms with Gasteiger partial charge in [-0.2, -0.15) is 0 Å². The highest BCUT2D eigenvalue weighted by Gasteiger charge is 2.51.